The predicted molar refractivity (Wildman–Crippen MR) is 102 cm³/mol. The van der Waals surface area contributed by atoms with Crippen LogP contribution < -0.4 is 10.9 Å². The van der Waals surface area contributed by atoms with Crippen molar-refractivity contribution in [3.63, 3.8) is 0 Å². The van der Waals surface area contributed by atoms with Gasteiger partial charge < -0.3 is 19.0 Å². The number of aromatic carboxylic acids is 2. The highest BCUT2D eigenvalue weighted by molar-refractivity contribution is 6.11. The van der Waals surface area contributed by atoms with Crippen LogP contribution in [0.3, 0.4) is 0 Å². The second-order valence-corrected chi connectivity index (χ2v) is 6.31. The van der Waals surface area contributed by atoms with E-state index in [1.807, 2.05) is 0 Å². The Balaban J connectivity index is 1.80. The highest BCUT2D eigenvalue weighted by Gasteiger charge is 2.17. The second kappa shape index (κ2) is 6.82. The summed E-state index contributed by atoms with van der Waals surface area (Å²) in [7, 11) is 0. The number of rotatable bonds is 4. The van der Waals surface area contributed by atoms with Crippen LogP contribution in [0.25, 0.3) is 21.9 Å². The van der Waals surface area contributed by atoms with Gasteiger partial charge in [0.15, 0.2) is 16.6 Å². The largest absolute Gasteiger partial charge is 0.475 e. The van der Waals surface area contributed by atoms with Gasteiger partial charge in [-0.15, -0.1) is 0 Å². The van der Waals surface area contributed by atoms with Crippen LogP contribution in [0.2, 0.25) is 0 Å². The number of carbonyl (C=O) groups is 3. The van der Waals surface area contributed by atoms with Gasteiger partial charge in [0.1, 0.15) is 11.2 Å². The molecule has 9 nitrogen and oxygen atoms in total. The molecule has 0 aliphatic rings. The van der Waals surface area contributed by atoms with Crippen LogP contribution >= 0.6 is 0 Å². The van der Waals surface area contributed by atoms with Gasteiger partial charge in [-0.2, -0.15) is 0 Å². The molecule has 4 aromatic rings. The van der Waals surface area contributed by atoms with Gasteiger partial charge in [0.05, 0.1) is 10.8 Å². The van der Waals surface area contributed by atoms with Crippen molar-refractivity contribution in [2.45, 2.75) is 0 Å². The molecular weight excluding hydrogens is 396 g/mol. The van der Waals surface area contributed by atoms with Gasteiger partial charge in [0.2, 0.25) is 11.5 Å². The highest BCUT2D eigenvalue weighted by atomic mass is 16.4. The molecule has 0 spiro atoms. The summed E-state index contributed by atoms with van der Waals surface area (Å²) < 4.78 is 10.3. The van der Waals surface area contributed by atoms with E-state index in [1.165, 1.54) is 36.4 Å². The van der Waals surface area contributed by atoms with Crippen LogP contribution in [0.4, 0.5) is 0 Å². The minimum Gasteiger partial charge on any atom is -0.475 e. The summed E-state index contributed by atoms with van der Waals surface area (Å²) in [5, 5.41) is 18.0. The molecule has 148 valence electrons. The fraction of sp³-hybridized carbons (Fsp3) is 0. The lowest BCUT2D eigenvalue weighted by atomic mass is 10.00. The molecule has 0 aliphatic heterocycles. The Morgan fingerprint density at radius 1 is 0.633 bits per heavy atom. The number of hydrogen-bond acceptors (Lipinski definition) is 7. The van der Waals surface area contributed by atoms with Crippen LogP contribution in [0.5, 0.6) is 0 Å². The van der Waals surface area contributed by atoms with E-state index in [-0.39, 0.29) is 33.1 Å². The van der Waals surface area contributed by atoms with E-state index >= 15 is 0 Å². The van der Waals surface area contributed by atoms with Crippen LogP contribution in [0.1, 0.15) is 37.0 Å². The maximum Gasteiger partial charge on any atom is 0.371 e. The standard InChI is InChI=1S/C21H10O9/c22-13-7-17(20(25)26)29-15-3-1-9(5-11(13)15)19(24)10-2-4-16-12(6-10)14(23)8-18(30-16)21(27)28/h1-8H,(H,25,26)(H,27,28). The lowest BCUT2D eigenvalue weighted by Gasteiger charge is -2.05. The van der Waals surface area contributed by atoms with Gasteiger partial charge >= 0.3 is 11.9 Å². The molecule has 30 heavy (non-hydrogen) atoms. The van der Waals surface area contributed by atoms with Crippen molar-refractivity contribution < 1.29 is 33.4 Å². The van der Waals surface area contributed by atoms with Crippen molar-refractivity contribution in [2.75, 3.05) is 0 Å². The Labute approximate surface area is 165 Å². The van der Waals surface area contributed by atoms with E-state index in [0.717, 1.165) is 12.1 Å². The highest BCUT2D eigenvalue weighted by Crippen LogP contribution is 2.20. The van der Waals surface area contributed by atoms with Crippen molar-refractivity contribution in [1.82, 2.24) is 0 Å². The molecule has 0 amide bonds. The zero-order valence-electron chi connectivity index (χ0n) is 14.9. The maximum atomic E-state index is 12.9. The Hall–Kier alpha value is -4.53. The summed E-state index contributed by atoms with van der Waals surface area (Å²) in [6.07, 6.45) is 0. The molecule has 0 atom stereocenters. The van der Waals surface area contributed by atoms with Crippen molar-refractivity contribution in [3.05, 3.63) is 91.6 Å². The first-order valence-corrected chi connectivity index (χ1v) is 8.42. The monoisotopic (exact) mass is 406 g/mol. The van der Waals surface area contributed by atoms with E-state index in [9.17, 15) is 24.0 Å². The summed E-state index contributed by atoms with van der Waals surface area (Å²) in [5.74, 6) is -4.34. The molecule has 0 fully saturated rings. The first-order chi connectivity index (χ1) is 14.2. The summed E-state index contributed by atoms with van der Waals surface area (Å²) in [6.45, 7) is 0. The van der Waals surface area contributed by atoms with Gasteiger partial charge in [-0.25, -0.2) is 9.59 Å². The Kier molecular flexibility index (Phi) is 4.27. The Morgan fingerprint density at radius 2 is 1.03 bits per heavy atom. The minimum atomic E-state index is -1.39. The Bertz CT molecular complexity index is 1390. The fourth-order valence-corrected chi connectivity index (χ4v) is 2.97. The van der Waals surface area contributed by atoms with E-state index in [2.05, 4.69) is 0 Å². The molecule has 4 rings (SSSR count). The number of benzene rings is 2. The van der Waals surface area contributed by atoms with E-state index in [0.29, 0.717) is 0 Å². The molecule has 0 saturated heterocycles. The summed E-state index contributed by atoms with van der Waals surface area (Å²) >= 11 is 0. The van der Waals surface area contributed by atoms with E-state index in [4.69, 9.17) is 19.0 Å². The first kappa shape index (κ1) is 18.8. The van der Waals surface area contributed by atoms with Gasteiger partial charge in [0.25, 0.3) is 0 Å². The van der Waals surface area contributed by atoms with Gasteiger partial charge in [-0.3, -0.25) is 14.4 Å². The lowest BCUT2D eigenvalue weighted by molar-refractivity contribution is 0.0653. The van der Waals surface area contributed by atoms with Gasteiger partial charge in [0, 0.05) is 23.3 Å². The quantitative estimate of drug-likeness (QED) is 0.487. The molecule has 9 heteroatoms. The predicted octanol–water partition coefficient (Wildman–Crippen LogP) is 2.53. The van der Waals surface area contributed by atoms with E-state index < -0.39 is 40.1 Å². The SMILES string of the molecule is O=C(c1ccc2oc(C(=O)O)cc(=O)c2c1)c1ccc2oc(C(=O)O)cc(=O)c2c1. The number of ketones is 1. The molecular formula is C21H10O9. The van der Waals surface area contributed by atoms with Crippen molar-refractivity contribution in [1.29, 1.82) is 0 Å². The average Bonchev–Trinajstić information content (AvgIpc) is 2.72. The molecule has 0 radical (unpaired) electrons. The lowest BCUT2D eigenvalue weighted by Crippen LogP contribution is -2.09. The minimum absolute atomic E-state index is 0.0109. The molecule has 0 unspecified atom stereocenters. The average molecular weight is 406 g/mol. The van der Waals surface area contributed by atoms with E-state index in [1.54, 1.807) is 0 Å². The topological polar surface area (TPSA) is 152 Å². The molecule has 0 aliphatic carbocycles. The third-order valence-electron chi connectivity index (χ3n) is 4.40. The van der Waals surface area contributed by atoms with Crippen LogP contribution in [0.15, 0.2) is 67.0 Å². The number of fused-ring (bicyclic) bond motifs is 2. The van der Waals surface area contributed by atoms with Gasteiger partial charge in [-0.05, 0) is 36.4 Å². The zero-order chi connectivity index (χ0) is 21.6. The number of carboxylic acids is 2. The molecule has 2 heterocycles. The number of hydrogen-bond donors (Lipinski definition) is 2. The summed E-state index contributed by atoms with van der Waals surface area (Å²) in [4.78, 5) is 59.2. The number of carboxylic acid groups (broad SMARTS) is 2. The third kappa shape index (κ3) is 3.14. The summed E-state index contributed by atoms with van der Waals surface area (Å²) in [6, 6.07) is 9.53. The van der Waals surface area contributed by atoms with Crippen LogP contribution in [0, 0.1) is 0 Å². The maximum absolute atomic E-state index is 12.9. The van der Waals surface area contributed by atoms with Gasteiger partial charge in [-0.1, -0.05) is 0 Å². The molecule has 2 aromatic heterocycles. The van der Waals surface area contributed by atoms with Crippen LogP contribution in [-0.2, 0) is 0 Å². The fourth-order valence-electron chi connectivity index (χ4n) is 2.97. The molecule has 2 aromatic carbocycles. The number of carbonyl (C=O) groups excluding carboxylic acids is 1. The zero-order valence-corrected chi connectivity index (χ0v) is 14.9. The smallest absolute Gasteiger partial charge is 0.371 e. The molecule has 2 N–H and O–H groups in total. The second-order valence-electron chi connectivity index (χ2n) is 6.31. The molecule has 0 saturated carbocycles. The van der Waals surface area contributed by atoms with Crippen molar-refractivity contribution >= 4 is 39.7 Å². The normalized spacial score (nSPS) is 10.9. The summed E-state index contributed by atoms with van der Waals surface area (Å²) in [5.41, 5.74) is -0.992. The molecule has 0 bridgehead atoms. The van der Waals surface area contributed by atoms with Crippen LogP contribution in [-0.4, -0.2) is 27.9 Å². The third-order valence-corrected chi connectivity index (χ3v) is 4.40. The van der Waals surface area contributed by atoms with Crippen molar-refractivity contribution in [3.8, 4) is 0 Å². The first-order valence-electron chi connectivity index (χ1n) is 8.42. The van der Waals surface area contributed by atoms with Crippen molar-refractivity contribution in [2.24, 2.45) is 0 Å². The Morgan fingerprint density at radius 3 is 1.40 bits per heavy atom.